The molecule has 0 aliphatic heterocycles. The first-order chi connectivity index (χ1) is 11.0. The number of benzene rings is 2. The lowest BCUT2D eigenvalue weighted by Crippen LogP contribution is -2.25. The van der Waals surface area contributed by atoms with Gasteiger partial charge in [-0.25, -0.2) is 4.79 Å². The van der Waals surface area contributed by atoms with Crippen LogP contribution >= 0.6 is 0 Å². The Morgan fingerprint density at radius 1 is 1.09 bits per heavy atom. The van der Waals surface area contributed by atoms with Crippen LogP contribution in [0.25, 0.3) is 11.0 Å². The fourth-order valence-electron chi connectivity index (χ4n) is 2.40. The number of para-hydroxylation sites is 2. The number of carbonyl (C=O) groups excluding carboxylic acids is 2. The van der Waals surface area contributed by atoms with Crippen LogP contribution in [0.2, 0.25) is 0 Å². The molecule has 0 atom stereocenters. The van der Waals surface area contributed by atoms with E-state index in [4.69, 9.17) is 0 Å². The molecule has 0 saturated carbocycles. The number of H-pyrrole nitrogens is 1. The van der Waals surface area contributed by atoms with E-state index >= 15 is 0 Å². The summed E-state index contributed by atoms with van der Waals surface area (Å²) in [7, 11) is 0. The first-order valence-corrected chi connectivity index (χ1v) is 7.13. The molecule has 0 aliphatic carbocycles. The van der Waals surface area contributed by atoms with Crippen molar-refractivity contribution in [3.05, 3.63) is 64.6 Å². The molecule has 0 fully saturated rings. The number of anilines is 1. The van der Waals surface area contributed by atoms with E-state index < -0.39 is 0 Å². The molecular formula is C17H15N3O3. The van der Waals surface area contributed by atoms with E-state index in [1.165, 1.54) is 11.5 Å². The monoisotopic (exact) mass is 309 g/mol. The highest BCUT2D eigenvalue weighted by Crippen LogP contribution is 2.12. The predicted octanol–water partition coefficient (Wildman–Crippen LogP) is 2.17. The van der Waals surface area contributed by atoms with Crippen LogP contribution in [0.15, 0.2) is 53.3 Å². The third-order valence-corrected chi connectivity index (χ3v) is 3.56. The Bertz CT molecular complexity index is 936. The van der Waals surface area contributed by atoms with Crippen LogP contribution in [0.5, 0.6) is 0 Å². The molecule has 23 heavy (non-hydrogen) atoms. The van der Waals surface area contributed by atoms with Crippen molar-refractivity contribution in [2.45, 2.75) is 13.5 Å². The van der Waals surface area contributed by atoms with Gasteiger partial charge in [0.2, 0.25) is 5.91 Å². The largest absolute Gasteiger partial charge is 0.326 e. The van der Waals surface area contributed by atoms with E-state index in [0.29, 0.717) is 22.3 Å². The van der Waals surface area contributed by atoms with Gasteiger partial charge in [0.15, 0.2) is 5.78 Å². The van der Waals surface area contributed by atoms with E-state index in [0.717, 1.165) is 0 Å². The fraction of sp³-hybridized carbons (Fsp3) is 0.118. The second-order valence-electron chi connectivity index (χ2n) is 5.22. The van der Waals surface area contributed by atoms with Crippen LogP contribution in [-0.2, 0) is 11.3 Å². The van der Waals surface area contributed by atoms with E-state index in [1.807, 2.05) is 12.1 Å². The molecule has 0 radical (unpaired) electrons. The smallest absolute Gasteiger partial charge is 0.325 e. The summed E-state index contributed by atoms with van der Waals surface area (Å²) in [5.41, 5.74) is 2.20. The molecule has 2 N–H and O–H groups in total. The number of amides is 1. The van der Waals surface area contributed by atoms with Crippen molar-refractivity contribution < 1.29 is 9.59 Å². The second kappa shape index (κ2) is 5.92. The Hall–Kier alpha value is -3.15. The number of carbonyl (C=O) groups is 2. The highest BCUT2D eigenvalue weighted by molar-refractivity contribution is 5.95. The highest BCUT2D eigenvalue weighted by atomic mass is 16.2. The van der Waals surface area contributed by atoms with Crippen molar-refractivity contribution >= 4 is 28.4 Å². The molecule has 3 rings (SSSR count). The lowest BCUT2D eigenvalue weighted by atomic mass is 10.1. The van der Waals surface area contributed by atoms with Gasteiger partial charge in [-0.05, 0) is 43.3 Å². The SMILES string of the molecule is CC(=O)c1ccc(NC(=O)Cn2c(=O)[nH]c3ccccc32)cc1. The first-order valence-electron chi connectivity index (χ1n) is 7.13. The van der Waals surface area contributed by atoms with Crippen LogP contribution in [0.4, 0.5) is 5.69 Å². The van der Waals surface area contributed by atoms with Gasteiger partial charge in [-0.1, -0.05) is 12.1 Å². The first kappa shape index (κ1) is 14.8. The summed E-state index contributed by atoms with van der Waals surface area (Å²) in [5, 5.41) is 2.71. The van der Waals surface area contributed by atoms with E-state index in [-0.39, 0.29) is 23.9 Å². The molecule has 1 amide bonds. The van der Waals surface area contributed by atoms with Gasteiger partial charge in [-0.15, -0.1) is 0 Å². The maximum Gasteiger partial charge on any atom is 0.326 e. The number of Topliss-reactive ketones (excluding diaryl/α,β-unsaturated/α-hetero) is 1. The van der Waals surface area contributed by atoms with Crippen LogP contribution in [0.1, 0.15) is 17.3 Å². The summed E-state index contributed by atoms with van der Waals surface area (Å²) >= 11 is 0. The number of imidazole rings is 1. The average molecular weight is 309 g/mol. The normalized spacial score (nSPS) is 10.7. The number of aromatic amines is 1. The number of ketones is 1. The van der Waals surface area contributed by atoms with Gasteiger partial charge in [0, 0.05) is 11.3 Å². The van der Waals surface area contributed by atoms with Crippen molar-refractivity contribution in [2.24, 2.45) is 0 Å². The van der Waals surface area contributed by atoms with Gasteiger partial charge in [0.05, 0.1) is 11.0 Å². The number of rotatable bonds is 4. The van der Waals surface area contributed by atoms with E-state index in [2.05, 4.69) is 10.3 Å². The Balaban J connectivity index is 1.77. The number of hydrogen-bond donors (Lipinski definition) is 2. The maximum atomic E-state index is 12.1. The summed E-state index contributed by atoms with van der Waals surface area (Å²) in [6.45, 7) is 1.40. The predicted molar refractivity (Wildman–Crippen MR) is 87.6 cm³/mol. The topological polar surface area (TPSA) is 84.0 Å². The molecule has 3 aromatic rings. The van der Waals surface area contributed by atoms with Crippen molar-refractivity contribution in [2.75, 3.05) is 5.32 Å². The van der Waals surface area contributed by atoms with Gasteiger partial charge >= 0.3 is 5.69 Å². The lowest BCUT2D eigenvalue weighted by Gasteiger charge is -2.07. The van der Waals surface area contributed by atoms with E-state index in [9.17, 15) is 14.4 Å². The minimum absolute atomic E-state index is 0.0341. The molecule has 6 nitrogen and oxygen atoms in total. The zero-order chi connectivity index (χ0) is 16.4. The number of aromatic nitrogens is 2. The minimum atomic E-state index is -0.326. The Morgan fingerprint density at radius 3 is 2.48 bits per heavy atom. The third-order valence-electron chi connectivity index (χ3n) is 3.56. The molecular weight excluding hydrogens is 294 g/mol. The number of hydrogen-bond acceptors (Lipinski definition) is 3. The molecule has 0 unspecified atom stereocenters. The Morgan fingerprint density at radius 2 is 1.78 bits per heavy atom. The van der Waals surface area contributed by atoms with Crippen molar-refractivity contribution in [1.82, 2.24) is 9.55 Å². The van der Waals surface area contributed by atoms with Gasteiger partial charge < -0.3 is 10.3 Å². The summed E-state index contributed by atoms with van der Waals surface area (Å²) in [4.78, 5) is 38.0. The highest BCUT2D eigenvalue weighted by Gasteiger charge is 2.10. The molecule has 1 heterocycles. The number of nitrogens with one attached hydrogen (secondary N) is 2. The molecule has 0 bridgehead atoms. The van der Waals surface area contributed by atoms with Gasteiger partial charge in [0.1, 0.15) is 6.54 Å². The molecule has 6 heteroatoms. The Labute approximate surface area is 131 Å². The van der Waals surface area contributed by atoms with Crippen LogP contribution in [-0.4, -0.2) is 21.2 Å². The quantitative estimate of drug-likeness (QED) is 0.724. The van der Waals surface area contributed by atoms with Crippen LogP contribution in [0.3, 0.4) is 0 Å². The Kier molecular flexibility index (Phi) is 3.80. The maximum absolute atomic E-state index is 12.1. The van der Waals surface area contributed by atoms with Crippen molar-refractivity contribution in [1.29, 1.82) is 0 Å². The van der Waals surface area contributed by atoms with Crippen molar-refractivity contribution in [3.8, 4) is 0 Å². The number of fused-ring (bicyclic) bond motifs is 1. The minimum Gasteiger partial charge on any atom is -0.325 e. The molecule has 1 aromatic heterocycles. The molecule has 2 aromatic carbocycles. The average Bonchev–Trinajstić information content (AvgIpc) is 2.84. The molecule has 0 saturated heterocycles. The lowest BCUT2D eigenvalue weighted by molar-refractivity contribution is -0.116. The van der Waals surface area contributed by atoms with E-state index in [1.54, 1.807) is 36.4 Å². The van der Waals surface area contributed by atoms with Gasteiger partial charge in [-0.3, -0.25) is 14.2 Å². The number of nitrogens with zero attached hydrogens (tertiary/aromatic N) is 1. The van der Waals surface area contributed by atoms with Gasteiger partial charge in [0.25, 0.3) is 0 Å². The standard InChI is InChI=1S/C17H15N3O3/c1-11(21)12-6-8-13(9-7-12)18-16(22)10-20-15-5-3-2-4-14(15)19-17(20)23/h2-9H,10H2,1H3,(H,18,22)(H,19,23). The molecule has 0 aliphatic rings. The zero-order valence-corrected chi connectivity index (χ0v) is 12.5. The second-order valence-corrected chi connectivity index (χ2v) is 5.22. The zero-order valence-electron chi connectivity index (χ0n) is 12.5. The fourth-order valence-corrected chi connectivity index (χ4v) is 2.40. The molecule has 116 valence electrons. The third kappa shape index (κ3) is 3.06. The summed E-state index contributed by atoms with van der Waals surface area (Å²) in [5.74, 6) is -0.347. The summed E-state index contributed by atoms with van der Waals surface area (Å²) < 4.78 is 1.38. The van der Waals surface area contributed by atoms with Crippen molar-refractivity contribution in [3.63, 3.8) is 0 Å². The van der Waals surface area contributed by atoms with Crippen LogP contribution in [0, 0.1) is 0 Å². The van der Waals surface area contributed by atoms with Crippen LogP contribution < -0.4 is 11.0 Å². The summed E-state index contributed by atoms with van der Waals surface area (Å²) in [6.07, 6.45) is 0. The van der Waals surface area contributed by atoms with Gasteiger partial charge in [-0.2, -0.15) is 0 Å². The summed E-state index contributed by atoms with van der Waals surface area (Å²) in [6, 6.07) is 13.8. The molecule has 0 spiro atoms.